The molecule has 1 aromatic carbocycles. The number of nitrogens with zero attached hydrogens (tertiary/aromatic N) is 2. The molecule has 2 aliphatic rings. The van der Waals surface area contributed by atoms with E-state index in [1.54, 1.807) is 4.90 Å². The summed E-state index contributed by atoms with van der Waals surface area (Å²) in [5, 5.41) is 8.72. The molecular formula is C22H21ClF4N2O3. The van der Waals surface area contributed by atoms with Gasteiger partial charge in [0.25, 0.3) is 0 Å². The monoisotopic (exact) mass is 472 g/mol. The molecule has 2 fully saturated rings. The predicted octanol–water partition coefficient (Wildman–Crippen LogP) is 5.76. The van der Waals surface area contributed by atoms with Crippen LogP contribution < -0.4 is 9.64 Å². The van der Waals surface area contributed by atoms with E-state index in [0.29, 0.717) is 43.9 Å². The number of anilines is 1. The van der Waals surface area contributed by atoms with Gasteiger partial charge in [-0.3, -0.25) is 0 Å². The van der Waals surface area contributed by atoms with E-state index in [1.807, 2.05) is 0 Å². The van der Waals surface area contributed by atoms with E-state index < -0.39 is 28.5 Å². The number of carboxylic acid groups (broad SMARTS) is 1. The van der Waals surface area contributed by atoms with Crippen molar-refractivity contribution in [3.8, 4) is 5.75 Å². The van der Waals surface area contributed by atoms with E-state index in [4.69, 9.17) is 21.4 Å². The van der Waals surface area contributed by atoms with Crippen molar-refractivity contribution < 1.29 is 32.2 Å². The van der Waals surface area contributed by atoms with Crippen LogP contribution in [0.1, 0.15) is 53.1 Å². The van der Waals surface area contributed by atoms with Crippen LogP contribution in [-0.4, -0.2) is 35.8 Å². The summed E-state index contributed by atoms with van der Waals surface area (Å²) in [7, 11) is 0. The quantitative estimate of drug-likeness (QED) is 0.541. The Morgan fingerprint density at radius 2 is 1.88 bits per heavy atom. The first-order valence-electron chi connectivity index (χ1n) is 10.3. The number of hydrogen-bond donors (Lipinski definition) is 1. The van der Waals surface area contributed by atoms with E-state index in [2.05, 4.69) is 4.98 Å². The minimum Gasteiger partial charge on any atom is -0.493 e. The SMILES string of the molecule is O=C(O)c1cc(C2CC2)c(OCC2CCN(c3cc(C(F)(F)F)c(Cl)cn3)CC2)cc1F. The highest BCUT2D eigenvalue weighted by molar-refractivity contribution is 6.31. The van der Waals surface area contributed by atoms with Gasteiger partial charge in [0.1, 0.15) is 17.4 Å². The maximum absolute atomic E-state index is 14.2. The summed E-state index contributed by atoms with van der Waals surface area (Å²) < 4.78 is 59.3. The van der Waals surface area contributed by atoms with Crippen LogP contribution in [0.4, 0.5) is 23.4 Å². The second-order valence-electron chi connectivity index (χ2n) is 8.21. The van der Waals surface area contributed by atoms with Gasteiger partial charge in [0.05, 0.1) is 22.8 Å². The van der Waals surface area contributed by atoms with E-state index in [-0.39, 0.29) is 23.2 Å². The van der Waals surface area contributed by atoms with Crippen molar-refractivity contribution in [2.75, 3.05) is 24.6 Å². The van der Waals surface area contributed by atoms with E-state index in [1.165, 1.54) is 6.07 Å². The molecule has 0 amide bonds. The van der Waals surface area contributed by atoms with Crippen LogP contribution in [0, 0.1) is 11.7 Å². The van der Waals surface area contributed by atoms with E-state index in [9.17, 15) is 22.4 Å². The lowest BCUT2D eigenvalue weighted by Gasteiger charge is -2.33. The van der Waals surface area contributed by atoms with Crippen molar-refractivity contribution in [3.05, 3.63) is 51.9 Å². The summed E-state index contributed by atoms with van der Waals surface area (Å²) in [6.07, 6.45) is -0.379. The molecule has 0 radical (unpaired) electrons. The van der Waals surface area contributed by atoms with Crippen molar-refractivity contribution in [1.29, 1.82) is 0 Å². The largest absolute Gasteiger partial charge is 0.493 e. The lowest BCUT2D eigenvalue weighted by Crippen LogP contribution is -2.36. The summed E-state index contributed by atoms with van der Waals surface area (Å²) in [4.78, 5) is 17.0. The van der Waals surface area contributed by atoms with Gasteiger partial charge in [-0.1, -0.05) is 11.6 Å². The van der Waals surface area contributed by atoms with Gasteiger partial charge < -0.3 is 14.7 Å². The molecule has 1 aliphatic carbocycles. The number of benzene rings is 1. The third kappa shape index (κ3) is 4.92. The fourth-order valence-corrected chi connectivity index (χ4v) is 4.14. The molecule has 2 heterocycles. The van der Waals surface area contributed by atoms with Crippen molar-refractivity contribution in [2.45, 2.75) is 37.8 Å². The van der Waals surface area contributed by atoms with Crippen molar-refractivity contribution in [2.24, 2.45) is 5.92 Å². The molecular weight excluding hydrogens is 452 g/mol. The highest BCUT2D eigenvalue weighted by atomic mass is 35.5. The van der Waals surface area contributed by atoms with Crippen LogP contribution in [-0.2, 0) is 6.18 Å². The normalized spacial score (nSPS) is 17.5. The molecule has 5 nitrogen and oxygen atoms in total. The molecule has 172 valence electrons. The summed E-state index contributed by atoms with van der Waals surface area (Å²) in [6.45, 7) is 1.32. The van der Waals surface area contributed by atoms with Gasteiger partial charge in [0, 0.05) is 25.4 Å². The lowest BCUT2D eigenvalue weighted by molar-refractivity contribution is -0.137. The number of piperidine rings is 1. The first-order chi connectivity index (χ1) is 15.1. The summed E-state index contributed by atoms with van der Waals surface area (Å²) in [6, 6.07) is 3.47. The molecule has 0 atom stereocenters. The first-order valence-corrected chi connectivity index (χ1v) is 10.7. The Morgan fingerprint density at radius 3 is 2.47 bits per heavy atom. The molecule has 1 saturated heterocycles. The second kappa shape index (κ2) is 8.77. The first kappa shape index (κ1) is 22.6. The maximum atomic E-state index is 14.2. The number of halogens is 5. The van der Waals surface area contributed by atoms with E-state index in [0.717, 1.165) is 31.2 Å². The molecule has 1 N–H and O–H groups in total. The van der Waals surface area contributed by atoms with Gasteiger partial charge in [0.15, 0.2) is 0 Å². The van der Waals surface area contributed by atoms with Crippen LogP contribution in [0.15, 0.2) is 24.4 Å². The number of ether oxygens (including phenoxy) is 1. The smallest absolute Gasteiger partial charge is 0.418 e. The molecule has 1 aliphatic heterocycles. The maximum Gasteiger partial charge on any atom is 0.418 e. The number of aromatic carboxylic acids is 1. The predicted molar refractivity (Wildman–Crippen MR) is 110 cm³/mol. The average molecular weight is 473 g/mol. The summed E-state index contributed by atoms with van der Waals surface area (Å²) in [5.41, 5.74) is -0.554. The van der Waals surface area contributed by atoms with Gasteiger partial charge in [-0.25, -0.2) is 14.2 Å². The number of pyridine rings is 1. The number of carboxylic acids is 1. The van der Waals surface area contributed by atoms with Crippen LogP contribution >= 0.6 is 11.6 Å². The molecule has 0 unspecified atom stereocenters. The number of aromatic nitrogens is 1. The van der Waals surface area contributed by atoms with Crippen molar-refractivity contribution in [1.82, 2.24) is 4.98 Å². The van der Waals surface area contributed by atoms with Crippen molar-refractivity contribution >= 4 is 23.4 Å². The van der Waals surface area contributed by atoms with Crippen LogP contribution in [0.3, 0.4) is 0 Å². The van der Waals surface area contributed by atoms with Gasteiger partial charge in [0.2, 0.25) is 0 Å². The van der Waals surface area contributed by atoms with E-state index >= 15 is 0 Å². The van der Waals surface area contributed by atoms with Gasteiger partial charge in [-0.2, -0.15) is 13.2 Å². The zero-order valence-electron chi connectivity index (χ0n) is 17.0. The molecule has 1 aromatic heterocycles. The Labute approximate surface area is 187 Å². The minimum atomic E-state index is -4.55. The summed E-state index contributed by atoms with van der Waals surface area (Å²) in [5.74, 6) is -1.23. The third-order valence-electron chi connectivity index (χ3n) is 5.91. The molecule has 0 spiro atoms. The zero-order chi connectivity index (χ0) is 23.0. The van der Waals surface area contributed by atoms with Gasteiger partial charge in [-0.05, 0) is 55.2 Å². The number of carbonyl (C=O) groups is 1. The summed E-state index contributed by atoms with van der Waals surface area (Å²) >= 11 is 5.64. The highest BCUT2D eigenvalue weighted by Gasteiger charge is 2.35. The number of hydrogen-bond acceptors (Lipinski definition) is 4. The standard InChI is InChI=1S/C22H21ClF4N2O3/c23-17-10-28-20(8-16(17)22(25,26)27)29-5-3-12(4-6-29)11-32-19-9-18(24)15(21(30)31)7-14(19)13-1-2-13/h7-10,12-13H,1-6,11H2,(H,30,31). The topological polar surface area (TPSA) is 62.7 Å². The number of rotatable bonds is 6. The Balaban J connectivity index is 1.38. The molecule has 4 rings (SSSR count). The molecule has 1 saturated carbocycles. The van der Waals surface area contributed by atoms with Gasteiger partial charge >= 0.3 is 12.1 Å². The second-order valence-corrected chi connectivity index (χ2v) is 8.62. The molecule has 10 heteroatoms. The Morgan fingerprint density at radius 1 is 1.19 bits per heavy atom. The minimum absolute atomic E-state index is 0.134. The van der Waals surface area contributed by atoms with Crippen LogP contribution in [0.2, 0.25) is 5.02 Å². The van der Waals surface area contributed by atoms with Crippen LogP contribution in [0.25, 0.3) is 0 Å². The third-order valence-corrected chi connectivity index (χ3v) is 6.21. The fourth-order valence-electron chi connectivity index (χ4n) is 3.93. The molecule has 0 bridgehead atoms. The van der Waals surface area contributed by atoms with Crippen molar-refractivity contribution in [3.63, 3.8) is 0 Å². The highest BCUT2D eigenvalue weighted by Crippen LogP contribution is 2.45. The molecule has 2 aromatic rings. The lowest BCUT2D eigenvalue weighted by atomic mass is 9.97. The zero-order valence-corrected chi connectivity index (χ0v) is 17.7. The Hall–Kier alpha value is -2.55. The fraction of sp³-hybridized carbons (Fsp3) is 0.455. The average Bonchev–Trinajstić information content (AvgIpc) is 3.57. The van der Waals surface area contributed by atoms with Gasteiger partial charge in [-0.15, -0.1) is 0 Å². The Bertz CT molecular complexity index is 1020. The molecule has 32 heavy (non-hydrogen) atoms. The Kier molecular flexibility index (Phi) is 6.20. The van der Waals surface area contributed by atoms with Crippen LogP contribution in [0.5, 0.6) is 5.75 Å². The number of alkyl halides is 3.